The Hall–Kier alpha value is -1.49. The zero-order valence-electron chi connectivity index (χ0n) is 11.0. The van der Waals surface area contributed by atoms with Gasteiger partial charge in [0.1, 0.15) is 6.04 Å². The standard InChI is InChI=1S/C14H19NO3S/c1-2-12(14(17)18)15-13(16)9-6-10-19-11-7-4-3-5-8-11/h3-5,7-8,12H,2,6,9-10H2,1H3,(H,15,16)(H,17,18)/t12-/m0/s1. The molecule has 0 fully saturated rings. The maximum absolute atomic E-state index is 11.5. The lowest BCUT2D eigenvalue weighted by Crippen LogP contribution is -2.40. The highest BCUT2D eigenvalue weighted by Gasteiger charge is 2.16. The number of rotatable bonds is 8. The molecule has 1 rings (SSSR count). The minimum Gasteiger partial charge on any atom is -0.480 e. The number of carbonyl (C=O) groups excluding carboxylic acids is 1. The summed E-state index contributed by atoms with van der Waals surface area (Å²) >= 11 is 1.70. The first-order valence-corrected chi connectivity index (χ1v) is 7.32. The van der Waals surface area contributed by atoms with Gasteiger partial charge in [0, 0.05) is 11.3 Å². The Morgan fingerprint density at radius 3 is 2.58 bits per heavy atom. The molecular formula is C14H19NO3S. The zero-order chi connectivity index (χ0) is 14.1. The zero-order valence-corrected chi connectivity index (χ0v) is 11.8. The largest absolute Gasteiger partial charge is 0.480 e. The molecule has 0 bridgehead atoms. The summed E-state index contributed by atoms with van der Waals surface area (Å²) in [4.78, 5) is 23.5. The number of carbonyl (C=O) groups is 2. The summed E-state index contributed by atoms with van der Waals surface area (Å²) < 4.78 is 0. The lowest BCUT2D eigenvalue weighted by Gasteiger charge is -2.11. The summed E-state index contributed by atoms with van der Waals surface area (Å²) in [6.45, 7) is 1.74. The number of benzene rings is 1. The molecule has 0 spiro atoms. The van der Waals surface area contributed by atoms with Crippen molar-refractivity contribution in [2.75, 3.05) is 5.75 Å². The molecule has 0 unspecified atom stereocenters. The van der Waals surface area contributed by atoms with Gasteiger partial charge in [0.05, 0.1) is 0 Å². The SMILES string of the molecule is CC[C@H](NC(=O)CCCSc1ccccc1)C(=O)O. The number of hydrogen-bond donors (Lipinski definition) is 2. The van der Waals surface area contributed by atoms with Crippen LogP contribution < -0.4 is 5.32 Å². The minimum atomic E-state index is -0.977. The predicted octanol–water partition coefficient (Wildman–Crippen LogP) is 2.54. The van der Waals surface area contributed by atoms with E-state index in [4.69, 9.17) is 5.11 Å². The molecule has 1 atom stereocenters. The fraction of sp³-hybridized carbons (Fsp3) is 0.429. The first kappa shape index (κ1) is 15.6. The number of nitrogens with one attached hydrogen (secondary N) is 1. The molecule has 0 aromatic heterocycles. The van der Waals surface area contributed by atoms with Crippen molar-refractivity contribution in [3.8, 4) is 0 Å². The number of carboxylic acids is 1. The molecule has 1 amide bonds. The predicted molar refractivity (Wildman–Crippen MR) is 76.3 cm³/mol. The number of hydrogen-bond acceptors (Lipinski definition) is 3. The number of thioether (sulfide) groups is 1. The van der Waals surface area contributed by atoms with E-state index in [0.29, 0.717) is 12.8 Å². The summed E-state index contributed by atoms with van der Waals surface area (Å²) in [5.74, 6) is -0.321. The van der Waals surface area contributed by atoms with Crippen LogP contribution in [0.2, 0.25) is 0 Å². The molecule has 0 aliphatic heterocycles. The molecule has 104 valence electrons. The Morgan fingerprint density at radius 1 is 1.32 bits per heavy atom. The van der Waals surface area contributed by atoms with Crippen LogP contribution in [0.4, 0.5) is 0 Å². The van der Waals surface area contributed by atoms with E-state index in [2.05, 4.69) is 5.32 Å². The highest BCUT2D eigenvalue weighted by Crippen LogP contribution is 2.18. The van der Waals surface area contributed by atoms with Gasteiger partial charge in [0.2, 0.25) is 5.91 Å². The molecule has 2 N–H and O–H groups in total. The van der Waals surface area contributed by atoms with Crippen LogP contribution in [-0.4, -0.2) is 28.8 Å². The minimum absolute atomic E-state index is 0.192. The Morgan fingerprint density at radius 2 is 2.00 bits per heavy atom. The third kappa shape index (κ3) is 6.29. The molecule has 5 heteroatoms. The van der Waals surface area contributed by atoms with Gasteiger partial charge in [-0.05, 0) is 30.7 Å². The van der Waals surface area contributed by atoms with Crippen LogP contribution in [0.25, 0.3) is 0 Å². The van der Waals surface area contributed by atoms with Gasteiger partial charge in [0.15, 0.2) is 0 Å². The quantitative estimate of drug-likeness (QED) is 0.567. The van der Waals surface area contributed by atoms with Gasteiger partial charge in [-0.1, -0.05) is 25.1 Å². The number of aliphatic carboxylic acids is 1. The van der Waals surface area contributed by atoms with Crippen molar-refractivity contribution in [3.05, 3.63) is 30.3 Å². The van der Waals surface area contributed by atoms with Gasteiger partial charge in [0.25, 0.3) is 0 Å². The number of amides is 1. The third-order valence-electron chi connectivity index (χ3n) is 2.60. The molecule has 19 heavy (non-hydrogen) atoms. The van der Waals surface area contributed by atoms with E-state index in [1.165, 1.54) is 4.90 Å². The lowest BCUT2D eigenvalue weighted by molar-refractivity contribution is -0.141. The Balaban J connectivity index is 2.19. The fourth-order valence-corrected chi connectivity index (χ4v) is 2.42. The van der Waals surface area contributed by atoms with Gasteiger partial charge < -0.3 is 10.4 Å². The Bertz CT molecular complexity index is 408. The summed E-state index contributed by atoms with van der Waals surface area (Å²) in [5.41, 5.74) is 0. The van der Waals surface area contributed by atoms with E-state index in [1.807, 2.05) is 30.3 Å². The second-order valence-electron chi connectivity index (χ2n) is 4.13. The highest BCUT2D eigenvalue weighted by atomic mass is 32.2. The van der Waals surface area contributed by atoms with E-state index in [-0.39, 0.29) is 5.91 Å². The molecule has 0 aliphatic carbocycles. The first-order valence-electron chi connectivity index (χ1n) is 6.33. The smallest absolute Gasteiger partial charge is 0.326 e. The van der Waals surface area contributed by atoms with Gasteiger partial charge >= 0.3 is 5.97 Å². The summed E-state index contributed by atoms with van der Waals surface area (Å²) in [6, 6.07) is 9.22. The molecule has 0 saturated carbocycles. The molecule has 1 aromatic rings. The van der Waals surface area contributed by atoms with E-state index in [9.17, 15) is 9.59 Å². The van der Waals surface area contributed by atoms with Crippen LogP contribution in [0.15, 0.2) is 35.2 Å². The third-order valence-corrected chi connectivity index (χ3v) is 3.70. The van der Waals surface area contributed by atoms with Crippen LogP contribution in [0, 0.1) is 0 Å². The van der Waals surface area contributed by atoms with Crippen LogP contribution in [0.3, 0.4) is 0 Å². The normalized spacial score (nSPS) is 11.8. The monoisotopic (exact) mass is 281 g/mol. The van der Waals surface area contributed by atoms with Crippen molar-refractivity contribution in [1.29, 1.82) is 0 Å². The van der Waals surface area contributed by atoms with Crippen LogP contribution in [0.1, 0.15) is 26.2 Å². The van der Waals surface area contributed by atoms with Crippen LogP contribution >= 0.6 is 11.8 Å². The van der Waals surface area contributed by atoms with Gasteiger partial charge in [-0.3, -0.25) is 4.79 Å². The van der Waals surface area contributed by atoms with Gasteiger partial charge in [-0.15, -0.1) is 11.8 Å². The first-order chi connectivity index (χ1) is 9.13. The summed E-state index contributed by atoms with van der Waals surface area (Å²) in [7, 11) is 0. The summed E-state index contributed by atoms with van der Waals surface area (Å²) in [6.07, 6.45) is 1.50. The molecule has 0 heterocycles. The molecule has 0 aliphatic rings. The highest BCUT2D eigenvalue weighted by molar-refractivity contribution is 7.99. The summed E-state index contributed by atoms with van der Waals surface area (Å²) in [5, 5.41) is 11.3. The van der Waals surface area contributed by atoms with Crippen LogP contribution in [0.5, 0.6) is 0 Å². The van der Waals surface area contributed by atoms with Crippen molar-refractivity contribution in [2.45, 2.75) is 37.1 Å². The van der Waals surface area contributed by atoms with Crippen LogP contribution in [-0.2, 0) is 9.59 Å². The molecule has 1 aromatic carbocycles. The Labute approximate surface area is 117 Å². The van der Waals surface area contributed by atoms with Crippen molar-refractivity contribution < 1.29 is 14.7 Å². The molecule has 4 nitrogen and oxygen atoms in total. The van der Waals surface area contributed by atoms with E-state index >= 15 is 0 Å². The average Bonchev–Trinajstić information content (AvgIpc) is 2.42. The van der Waals surface area contributed by atoms with Crippen molar-refractivity contribution in [2.24, 2.45) is 0 Å². The second kappa shape index (κ2) is 8.58. The van der Waals surface area contributed by atoms with Gasteiger partial charge in [-0.2, -0.15) is 0 Å². The topological polar surface area (TPSA) is 66.4 Å². The Kier molecular flexibility index (Phi) is 7.03. The maximum Gasteiger partial charge on any atom is 0.326 e. The van der Waals surface area contributed by atoms with E-state index in [0.717, 1.165) is 12.2 Å². The maximum atomic E-state index is 11.5. The second-order valence-corrected chi connectivity index (χ2v) is 5.30. The molecule has 0 radical (unpaired) electrons. The van der Waals surface area contributed by atoms with Crippen molar-refractivity contribution in [3.63, 3.8) is 0 Å². The number of carboxylic acid groups (broad SMARTS) is 1. The van der Waals surface area contributed by atoms with Crippen molar-refractivity contribution >= 4 is 23.6 Å². The molecular weight excluding hydrogens is 262 g/mol. The molecule has 0 saturated heterocycles. The lowest BCUT2D eigenvalue weighted by atomic mass is 10.2. The van der Waals surface area contributed by atoms with E-state index < -0.39 is 12.0 Å². The van der Waals surface area contributed by atoms with Gasteiger partial charge in [-0.25, -0.2) is 4.79 Å². The fourth-order valence-electron chi connectivity index (χ4n) is 1.54. The van der Waals surface area contributed by atoms with Crippen molar-refractivity contribution in [1.82, 2.24) is 5.32 Å². The van der Waals surface area contributed by atoms with E-state index in [1.54, 1.807) is 18.7 Å². The average molecular weight is 281 g/mol.